The number of hydrogen-bond donors (Lipinski definition) is 4. The molecule has 0 aromatic heterocycles. The summed E-state index contributed by atoms with van der Waals surface area (Å²) in [7, 11) is -4.64. The van der Waals surface area contributed by atoms with Gasteiger partial charge in [-0.25, -0.2) is 4.57 Å². The first-order valence-corrected chi connectivity index (χ1v) is 8.23. The first kappa shape index (κ1) is 20.1. The molecule has 1 rings (SSSR count). The van der Waals surface area contributed by atoms with Crippen LogP contribution in [0, 0.1) is 6.92 Å². The number of benzene rings is 1. The van der Waals surface area contributed by atoms with Gasteiger partial charge in [0.25, 0.3) is 0 Å². The van der Waals surface area contributed by atoms with Gasteiger partial charge in [0.2, 0.25) is 0 Å². The highest BCUT2D eigenvalue weighted by molar-refractivity contribution is 7.45. The van der Waals surface area contributed by atoms with Crippen LogP contribution in [0.25, 0.3) is 0 Å². The fourth-order valence-electron chi connectivity index (χ4n) is 2.42. The topological polar surface area (TPSA) is 98.0 Å². The average Bonchev–Trinajstić information content (AvgIpc) is 2.14. The van der Waals surface area contributed by atoms with Gasteiger partial charge in [0.05, 0.1) is 0 Å². The van der Waals surface area contributed by atoms with Crippen LogP contribution in [0.5, 0.6) is 5.75 Å². The largest absolute Gasteiger partial charge is 0.508 e. The number of aryl methyl sites for hydroxylation is 1. The lowest BCUT2D eigenvalue weighted by Crippen LogP contribution is -2.23. The van der Waals surface area contributed by atoms with Crippen molar-refractivity contribution in [1.82, 2.24) is 0 Å². The van der Waals surface area contributed by atoms with Crippen LogP contribution in [0.2, 0.25) is 0 Å². The second-order valence-electron chi connectivity index (χ2n) is 7.16. The van der Waals surface area contributed by atoms with Crippen molar-refractivity contribution in [1.29, 1.82) is 0 Å². The Hall–Kier alpha value is -0.870. The molecule has 0 atom stereocenters. The van der Waals surface area contributed by atoms with E-state index in [0.717, 1.165) is 5.56 Å². The molecule has 0 aliphatic heterocycles. The lowest BCUT2D eigenvalue weighted by Gasteiger charge is -2.32. The summed E-state index contributed by atoms with van der Waals surface area (Å²) in [5.41, 5.74) is 3.65. The zero-order valence-electron chi connectivity index (χ0n) is 13.8. The van der Waals surface area contributed by atoms with E-state index in [1.165, 1.54) is 11.1 Å². The van der Waals surface area contributed by atoms with Gasteiger partial charge in [0, 0.05) is 5.56 Å². The van der Waals surface area contributed by atoms with Crippen LogP contribution in [-0.4, -0.2) is 19.8 Å². The molecule has 122 valence electrons. The maximum absolute atomic E-state index is 10.1. The zero-order valence-corrected chi connectivity index (χ0v) is 14.7. The molecule has 6 heteroatoms. The highest BCUT2D eigenvalue weighted by Gasteiger charge is 2.29. The van der Waals surface area contributed by atoms with Gasteiger partial charge in [-0.3, -0.25) is 0 Å². The van der Waals surface area contributed by atoms with E-state index >= 15 is 0 Å². The van der Waals surface area contributed by atoms with Crippen molar-refractivity contribution in [2.24, 2.45) is 0 Å². The summed E-state index contributed by atoms with van der Waals surface area (Å²) < 4.78 is 8.88. The molecular weight excluding hydrogens is 291 g/mol. The van der Waals surface area contributed by atoms with E-state index in [9.17, 15) is 5.11 Å². The zero-order chi connectivity index (χ0) is 17.2. The minimum Gasteiger partial charge on any atom is -0.508 e. The summed E-state index contributed by atoms with van der Waals surface area (Å²) in [4.78, 5) is 21.6. The van der Waals surface area contributed by atoms with Gasteiger partial charge in [0.15, 0.2) is 0 Å². The summed E-state index contributed by atoms with van der Waals surface area (Å²) in [5.74, 6) is 0.419. The van der Waals surface area contributed by atoms with Gasteiger partial charge in [-0.05, 0) is 34.9 Å². The van der Waals surface area contributed by atoms with Crippen molar-refractivity contribution in [3.05, 3.63) is 28.8 Å². The summed E-state index contributed by atoms with van der Waals surface area (Å²) in [6, 6.07) is 3.82. The van der Waals surface area contributed by atoms with Gasteiger partial charge in [-0.2, -0.15) is 0 Å². The lowest BCUT2D eigenvalue weighted by atomic mass is 9.73. The van der Waals surface area contributed by atoms with Crippen LogP contribution in [0.15, 0.2) is 12.1 Å². The highest BCUT2D eigenvalue weighted by Crippen LogP contribution is 2.40. The fraction of sp³-hybridized carbons (Fsp3) is 0.600. The Morgan fingerprint density at radius 1 is 0.857 bits per heavy atom. The molecule has 0 saturated carbocycles. The molecule has 0 bridgehead atoms. The molecule has 5 nitrogen and oxygen atoms in total. The molecule has 0 aliphatic rings. The van der Waals surface area contributed by atoms with E-state index in [1.807, 2.05) is 12.1 Å². The number of aromatic hydroxyl groups is 1. The third kappa shape index (κ3) is 7.09. The second kappa shape index (κ2) is 6.49. The Morgan fingerprint density at radius 3 is 1.43 bits per heavy atom. The molecule has 1 aromatic rings. The van der Waals surface area contributed by atoms with Crippen LogP contribution in [0.1, 0.15) is 58.2 Å². The SMILES string of the molecule is Cc1ccc(O)c(C(C)(C)C)c1C(C)(C)C.O=P(O)(O)O. The van der Waals surface area contributed by atoms with Crippen molar-refractivity contribution in [2.45, 2.75) is 59.3 Å². The maximum atomic E-state index is 10.1. The van der Waals surface area contributed by atoms with Crippen LogP contribution in [-0.2, 0) is 15.4 Å². The number of phenolic OH excluding ortho intramolecular Hbond substituents is 1. The van der Waals surface area contributed by atoms with Crippen molar-refractivity contribution < 1.29 is 24.4 Å². The van der Waals surface area contributed by atoms with Gasteiger partial charge in [-0.15, -0.1) is 0 Å². The van der Waals surface area contributed by atoms with Gasteiger partial charge in [-0.1, -0.05) is 47.6 Å². The molecule has 0 heterocycles. The predicted octanol–water partition coefficient (Wildman–Crippen LogP) is 3.37. The van der Waals surface area contributed by atoms with E-state index in [1.54, 1.807) is 0 Å². The molecule has 0 unspecified atom stereocenters. The first-order valence-electron chi connectivity index (χ1n) is 6.67. The lowest BCUT2D eigenvalue weighted by molar-refractivity contribution is 0.275. The number of rotatable bonds is 0. The average molecular weight is 318 g/mol. The Bertz CT molecular complexity index is 485. The molecule has 0 spiro atoms. The predicted molar refractivity (Wildman–Crippen MR) is 84.5 cm³/mol. The normalized spacial score (nSPS) is 12.7. The minimum absolute atomic E-state index is 0.0291. The second-order valence-corrected chi connectivity index (χ2v) is 8.19. The quantitative estimate of drug-likeness (QED) is 0.550. The molecule has 0 radical (unpaired) electrons. The fourth-order valence-corrected chi connectivity index (χ4v) is 2.42. The molecular formula is C15H27O5P. The molecule has 0 aliphatic carbocycles. The van der Waals surface area contributed by atoms with E-state index in [0.29, 0.717) is 5.75 Å². The summed E-state index contributed by atoms with van der Waals surface area (Å²) in [5, 5.41) is 10.1. The van der Waals surface area contributed by atoms with Crippen molar-refractivity contribution in [2.75, 3.05) is 0 Å². The Kier molecular flexibility index (Phi) is 6.22. The van der Waals surface area contributed by atoms with Crippen molar-refractivity contribution in [3.8, 4) is 5.75 Å². The molecule has 0 amide bonds. The third-order valence-electron chi connectivity index (χ3n) is 2.89. The maximum Gasteiger partial charge on any atom is 0.466 e. The van der Waals surface area contributed by atoms with Gasteiger partial charge in [0.1, 0.15) is 5.75 Å². The van der Waals surface area contributed by atoms with Gasteiger partial charge < -0.3 is 19.8 Å². The highest BCUT2D eigenvalue weighted by atomic mass is 31.2. The monoisotopic (exact) mass is 318 g/mol. The number of hydrogen-bond acceptors (Lipinski definition) is 2. The van der Waals surface area contributed by atoms with Crippen molar-refractivity contribution in [3.63, 3.8) is 0 Å². The van der Waals surface area contributed by atoms with E-state index in [2.05, 4.69) is 48.5 Å². The summed E-state index contributed by atoms with van der Waals surface area (Å²) in [6.07, 6.45) is 0. The van der Waals surface area contributed by atoms with E-state index in [-0.39, 0.29) is 10.8 Å². The standard InChI is InChI=1S/C15H24O.H3O4P/c1-10-8-9-11(16)13(15(5,6)7)12(10)14(2,3)4;1-5(2,3)4/h8-9,16H,1-7H3;(H3,1,2,3,4). The molecule has 0 fully saturated rings. The third-order valence-corrected chi connectivity index (χ3v) is 2.89. The number of phosphoric acid groups is 1. The van der Waals surface area contributed by atoms with Crippen molar-refractivity contribution >= 4 is 7.82 Å². The summed E-state index contributed by atoms with van der Waals surface area (Å²) in [6.45, 7) is 15.2. The Labute approximate surface area is 126 Å². The Morgan fingerprint density at radius 2 is 1.19 bits per heavy atom. The Balaban J connectivity index is 0.000000690. The van der Waals surface area contributed by atoms with E-state index < -0.39 is 7.82 Å². The smallest absolute Gasteiger partial charge is 0.466 e. The summed E-state index contributed by atoms with van der Waals surface area (Å²) >= 11 is 0. The first-order chi connectivity index (χ1) is 9.05. The molecule has 4 N–H and O–H groups in total. The van der Waals surface area contributed by atoms with Crippen LogP contribution in [0.3, 0.4) is 0 Å². The van der Waals surface area contributed by atoms with Crippen LogP contribution >= 0.6 is 7.82 Å². The minimum atomic E-state index is -4.64. The molecule has 0 saturated heterocycles. The van der Waals surface area contributed by atoms with E-state index in [4.69, 9.17) is 19.2 Å². The van der Waals surface area contributed by atoms with Gasteiger partial charge >= 0.3 is 7.82 Å². The molecule has 21 heavy (non-hydrogen) atoms. The number of phenols is 1. The molecule has 1 aromatic carbocycles. The van der Waals surface area contributed by atoms with Crippen LogP contribution < -0.4 is 0 Å². The van der Waals surface area contributed by atoms with Crippen LogP contribution in [0.4, 0.5) is 0 Å².